The maximum atomic E-state index is 15.3. The average Bonchev–Trinajstić information content (AvgIpc) is 3.51. The molecular formula is C36H40FN9O3. The number of benzene rings is 2. The van der Waals surface area contributed by atoms with E-state index in [0.29, 0.717) is 53.2 Å². The van der Waals surface area contributed by atoms with Crippen molar-refractivity contribution in [3.63, 3.8) is 0 Å². The molecule has 0 aliphatic carbocycles. The topological polar surface area (TPSA) is 150 Å². The number of ether oxygens (including phenoxy) is 2. The summed E-state index contributed by atoms with van der Waals surface area (Å²) in [5.74, 6) is 0.576. The highest BCUT2D eigenvalue weighted by atomic mass is 19.1. The van der Waals surface area contributed by atoms with Gasteiger partial charge < -0.3 is 20.1 Å². The van der Waals surface area contributed by atoms with Gasteiger partial charge in [0, 0.05) is 62.4 Å². The first-order chi connectivity index (χ1) is 23.7. The maximum absolute atomic E-state index is 15.3. The lowest BCUT2D eigenvalue weighted by Crippen LogP contribution is -2.59. The number of nitrogens with two attached hydrogens (primary N) is 1. The molecule has 0 spiro atoms. The van der Waals surface area contributed by atoms with E-state index in [1.165, 1.54) is 6.07 Å². The fraction of sp³-hybridized carbons (Fsp3) is 0.417. The third-order valence-corrected chi connectivity index (χ3v) is 9.84. The molecule has 12 nitrogen and oxygen atoms in total. The lowest BCUT2D eigenvalue weighted by atomic mass is 9.94. The predicted molar refractivity (Wildman–Crippen MR) is 182 cm³/mol. The number of nitrogens with zero attached hydrogens (tertiary/aromatic N) is 7. The number of carbonyl (C=O) groups is 1. The van der Waals surface area contributed by atoms with Crippen molar-refractivity contribution in [3.05, 3.63) is 71.8 Å². The number of carbonyl (C=O) groups excluding carboxylic acids is 1. The van der Waals surface area contributed by atoms with Crippen molar-refractivity contribution < 1.29 is 18.7 Å². The Morgan fingerprint density at radius 2 is 1.88 bits per heavy atom. The number of para-hydroxylation sites is 1. The highest BCUT2D eigenvalue weighted by molar-refractivity contribution is 5.98. The van der Waals surface area contributed by atoms with Crippen LogP contribution in [0.4, 0.5) is 10.2 Å². The van der Waals surface area contributed by atoms with Crippen molar-refractivity contribution in [3.8, 4) is 28.8 Å². The smallest absolute Gasteiger partial charge is 0.264 e. The number of hydrogen-bond acceptors (Lipinski definition) is 10. The Bertz CT molecular complexity index is 1910. The number of piperazine rings is 1. The van der Waals surface area contributed by atoms with Crippen LogP contribution in [0.1, 0.15) is 38.4 Å². The zero-order chi connectivity index (χ0) is 34.1. The van der Waals surface area contributed by atoms with Crippen LogP contribution in [-0.2, 0) is 9.53 Å². The molecule has 3 fully saturated rings. The molecule has 254 valence electrons. The first-order valence-corrected chi connectivity index (χ1v) is 16.7. The summed E-state index contributed by atoms with van der Waals surface area (Å²) >= 11 is 0. The molecular weight excluding hydrogens is 625 g/mol. The second-order valence-corrected chi connectivity index (χ2v) is 13.4. The number of piperidine rings is 1. The first-order valence-electron chi connectivity index (χ1n) is 16.7. The Morgan fingerprint density at radius 1 is 1.10 bits per heavy atom. The fourth-order valence-electron chi connectivity index (χ4n) is 6.96. The number of nitrogens with one attached hydrogen (secondary N) is 1. The molecule has 0 radical (unpaired) electrons. The van der Waals surface area contributed by atoms with Gasteiger partial charge in [-0.05, 0) is 57.0 Å². The number of aromatic nitrogens is 4. The van der Waals surface area contributed by atoms with Gasteiger partial charge in [0.25, 0.3) is 5.91 Å². The molecule has 3 aliphatic heterocycles. The van der Waals surface area contributed by atoms with Crippen LogP contribution in [-0.4, -0.2) is 105 Å². The second kappa shape index (κ2) is 13.5. The van der Waals surface area contributed by atoms with Crippen molar-refractivity contribution in [2.45, 2.75) is 44.2 Å². The van der Waals surface area contributed by atoms with E-state index in [1.807, 2.05) is 24.3 Å². The van der Waals surface area contributed by atoms with Crippen LogP contribution in [0.15, 0.2) is 60.2 Å². The van der Waals surface area contributed by atoms with Gasteiger partial charge in [-0.2, -0.15) is 10.4 Å². The van der Waals surface area contributed by atoms with Gasteiger partial charge in [-0.1, -0.05) is 18.2 Å². The number of nitriles is 1. The summed E-state index contributed by atoms with van der Waals surface area (Å²) in [4.78, 5) is 29.5. The lowest BCUT2D eigenvalue weighted by Gasteiger charge is -2.46. The Balaban J connectivity index is 1.05. The number of H-pyrrole nitrogens is 1. The van der Waals surface area contributed by atoms with Gasteiger partial charge in [-0.25, -0.2) is 14.4 Å². The molecule has 5 heterocycles. The van der Waals surface area contributed by atoms with Crippen LogP contribution in [0.3, 0.4) is 0 Å². The predicted octanol–water partition coefficient (Wildman–Crippen LogP) is 4.48. The number of rotatable bonds is 8. The number of amides is 1. The Hall–Kier alpha value is -4.90. The second-order valence-electron chi connectivity index (χ2n) is 13.4. The quantitative estimate of drug-likeness (QED) is 0.204. The van der Waals surface area contributed by atoms with Crippen molar-refractivity contribution >= 4 is 22.8 Å². The summed E-state index contributed by atoms with van der Waals surface area (Å²) in [6, 6.07) is 16.4. The minimum absolute atomic E-state index is 0.135. The fourth-order valence-corrected chi connectivity index (χ4v) is 6.96. The Kier molecular flexibility index (Phi) is 9.02. The number of fused-ring (bicyclic) bond motifs is 1. The minimum atomic E-state index is -0.514. The van der Waals surface area contributed by atoms with Crippen LogP contribution >= 0.6 is 0 Å². The monoisotopic (exact) mass is 665 g/mol. The van der Waals surface area contributed by atoms with Gasteiger partial charge in [0.05, 0.1) is 30.3 Å². The number of hydrogen-bond donors (Lipinski definition) is 2. The highest BCUT2D eigenvalue weighted by Gasteiger charge is 2.35. The van der Waals surface area contributed by atoms with E-state index in [4.69, 9.17) is 20.2 Å². The molecule has 0 saturated carbocycles. The van der Waals surface area contributed by atoms with E-state index in [-0.39, 0.29) is 28.8 Å². The van der Waals surface area contributed by atoms with Gasteiger partial charge in [0.1, 0.15) is 40.6 Å². The van der Waals surface area contributed by atoms with E-state index >= 15 is 4.39 Å². The first kappa shape index (κ1) is 32.6. The molecule has 4 aromatic rings. The number of anilines is 1. The molecule has 1 atom stereocenters. The molecule has 7 rings (SSSR count). The van der Waals surface area contributed by atoms with E-state index in [9.17, 15) is 10.1 Å². The average molecular weight is 666 g/mol. The lowest BCUT2D eigenvalue weighted by molar-refractivity contribution is -0.128. The van der Waals surface area contributed by atoms with Crippen LogP contribution in [0.5, 0.6) is 11.5 Å². The Morgan fingerprint density at radius 3 is 2.57 bits per heavy atom. The van der Waals surface area contributed by atoms with Gasteiger partial charge in [-0.15, -0.1) is 0 Å². The van der Waals surface area contributed by atoms with Crippen LogP contribution in [0.2, 0.25) is 0 Å². The van der Waals surface area contributed by atoms with Gasteiger partial charge in [0.15, 0.2) is 5.65 Å². The highest BCUT2D eigenvalue weighted by Crippen LogP contribution is 2.35. The molecule has 3 aliphatic rings. The van der Waals surface area contributed by atoms with Crippen molar-refractivity contribution in [2.24, 2.45) is 0 Å². The Labute approximate surface area is 284 Å². The summed E-state index contributed by atoms with van der Waals surface area (Å²) in [5, 5.41) is 17.7. The number of likely N-dealkylation sites (tertiary alicyclic amines) is 1. The molecule has 2 aromatic carbocycles. The zero-order valence-corrected chi connectivity index (χ0v) is 27.7. The molecule has 49 heavy (non-hydrogen) atoms. The molecule has 3 saturated heterocycles. The van der Waals surface area contributed by atoms with E-state index in [1.54, 1.807) is 29.2 Å². The van der Waals surface area contributed by atoms with E-state index < -0.39 is 11.4 Å². The molecule has 13 heteroatoms. The number of nitrogen functional groups attached to an aromatic ring is 1. The summed E-state index contributed by atoms with van der Waals surface area (Å²) in [6.45, 7) is 10.2. The molecule has 0 unspecified atom stereocenters. The molecule has 1 amide bonds. The van der Waals surface area contributed by atoms with Gasteiger partial charge in [0.2, 0.25) is 0 Å². The van der Waals surface area contributed by atoms with Crippen molar-refractivity contribution in [2.75, 3.05) is 58.2 Å². The number of aromatic amines is 1. The summed E-state index contributed by atoms with van der Waals surface area (Å²) in [6.07, 6.45) is 3.28. The minimum Gasteiger partial charge on any atom is -0.457 e. The summed E-state index contributed by atoms with van der Waals surface area (Å²) < 4.78 is 26.5. The maximum Gasteiger partial charge on any atom is 0.264 e. The van der Waals surface area contributed by atoms with E-state index in [0.717, 1.165) is 52.2 Å². The standard InChI is InChI=1S/C36H40FN9O3/c1-36(2,46-15-13-44(14-16-46)25-21-48-22-25)18-24(19-38)35(47)45-12-6-7-23(20-45)33-40-32(39)30-31(42-43-34(30)41-33)28-11-10-27(17-29(28)37)49-26-8-4-3-5-9-26/h3-5,8-11,17-18,23,25H,6-7,12-16,20-22H2,1-2H3,(H3,39,40,41,42,43)/t23-/m1/s1. The number of halogens is 1. The third-order valence-electron chi connectivity index (χ3n) is 9.84. The largest absolute Gasteiger partial charge is 0.457 e. The zero-order valence-electron chi connectivity index (χ0n) is 27.7. The summed E-state index contributed by atoms with van der Waals surface area (Å²) in [7, 11) is 0. The third kappa shape index (κ3) is 6.72. The molecule has 3 N–H and O–H groups in total. The van der Waals surface area contributed by atoms with E-state index in [2.05, 4.69) is 44.9 Å². The van der Waals surface area contributed by atoms with Crippen LogP contribution in [0, 0.1) is 17.1 Å². The molecule has 2 aromatic heterocycles. The SMILES string of the molecule is CC(C)(C=C(C#N)C(=O)N1CCC[C@@H](c2nc(N)c3c(-c4ccc(Oc5ccccc5)cc4F)[nH]nc3n2)C1)N1CCN(C2COC2)CC1. The summed E-state index contributed by atoms with van der Waals surface area (Å²) in [5.41, 5.74) is 7.07. The van der Waals surface area contributed by atoms with Gasteiger partial charge >= 0.3 is 0 Å². The van der Waals surface area contributed by atoms with Gasteiger partial charge in [-0.3, -0.25) is 19.7 Å². The normalized spacial score (nSPS) is 19.8. The van der Waals surface area contributed by atoms with Crippen LogP contribution < -0.4 is 10.5 Å². The molecule has 0 bridgehead atoms. The van der Waals surface area contributed by atoms with Crippen LogP contribution in [0.25, 0.3) is 22.3 Å². The van der Waals surface area contributed by atoms with Crippen molar-refractivity contribution in [1.82, 2.24) is 34.9 Å². The van der Waals surface area contributed by atoms with Crippen molar-refractivity contribution in [1.29, 1.82) is 5.26 Å².